The van der Waals surface area contributed by atoms with Crippen LogP contribution in [0.4, 0.5) is 24.5 Å². The number of aliphatic carboxylic acids is 1. The van der Waals surface area contributed by atoms with E-state index in [9.17, 15) is 27.9 Å². The van der Waals surface area contributed by atoms with Crippen LogP contribution in [0.15, 0.2) is 30.3 Å². The first-order chi connectivity index (χ1) is 19.6. The molecule has 2 aromatic carbocycles. The van der Waals surface area contributed by atoms with Crippen LogP contribution in [0.2, 0.25) is 0 Å². The van der Waals surface area contributed by atoms with Gasteiger partial charge < -0.3 is 31.1 Å². The number of nitrogens with one attached hydrogen (secondary N) is 3. The lowest BCUT2D eigenvalue weighted by atomic mass is 9.90. The number of aliphatic hydroxyl groups is 1. The van der Waals surface area contributed by atoms with Gasteiger partial charge >= 0.3 is 0 Å². The molecule has 1 saturated heterocycles. The Bertz CT molecular complexity index is 1310. The van der Waals surface area contributed by atoms with Crippen LogP contribution < -0.4 is 16.0 Å². The molecule has 2 fully saturated rings. The van der Waals surface area contributed by atoms with Gasteiger partial charge in [-0.05, 0) is 79.6 Å². The maximum Gasteiger partial charge on any atom is 0.300 e. The van der Waals surface area contributed by atoms with Crippen molar-refractivity contribution >= 4 is 51.7 Å². The zero-order chi connectivity index (χ0) is 31.2. The fourth-order valence-electron chi connectivity index (χ4n) is 4.75. The van der Waals surface area contributed by atoms with E-state index < -0.39 is 46.2 Å². The number of carboxylic acid groups (broad SMARTS) is 1. The smallest absolute Gasteiger partial charge is 0.300 e. The van der Waals surface area contributed by atoms with Gasteiger partial charge in [-0.1, -0.05) is 19.3 Å². The molecule has 0 spiro atoms. The van der Waals surface area contributed by atoms with Crippen molar-refractivity contribution in [1.82, 2.24) is 15.5 Å². The van der Waals surface area contributed by atoms with E-state index in [4.69, 9.17) is 9.90 Å². The molecule has 0 aromatic heterocycles. The van der Waals surface area contributed by atoms with E-state index in [1.165, 1.54) is 23.5 Å². The number of hydrogen-bond acceptors (Lipinski definition) is 6. The van der Waals surface area contributed by atoms with Gasteiger partial charge in [0.2, 0.25) is 5.91 Å². The largest absolute Gasteiger partial charge is 0.481 e. The van der Waals surface area contributed by atoms with Crippen LogP contribution in [-0.2, 0) is 9.59 Å². The number of nitrogens with zero attached hydrogens (tertiary/aromatic N) is 1. The minimum absolute atomic E-state index is 0.0542. The molecule has 230 valence electrons. The highest BCUT2D eigenvalue weighted by Crippen LogP contribution is 2.32. The number of halogens is 4. The van der Waals surface area contributed by atoms with Crippen LogP contribution in [0.25, 0.3) is 0 Å². The molecule has 9 nitrogen and oxygen atoms in total. The third kappa shape index (κ3) is 8.80. The van der Waals surface area contributed by atoms with E-state index in [1.807, 2.05) is 22.6 Å². The van der Waals surface area contributed by atoms with Crippen LogP contribution >= 0.6 is 22.6 Å². The summed E-state index contributed by atoms with van der Waals surface area (Å²) in [5, 5.41) is 27.0. The summed E-state index contributed by atoms with van der Waals surface area (Å²) in [5.41, 5.74) is -3.02. The Balaban J connectivity index is 0.00000114. The predicted octanol–water partition coefficient (Wildman–Crippen LogP) is 4.55. The van der Waals surface area contributed by atoms with Crippen LogP contribution in [0.3, 0.4) is 0 Å². The number of hydrogen-bond donors (Lipinski definition) is 5. The Hall–Kier alpha value is -2.91. The topological polar surface area (TPSA) is 131 Å². The number of carbonyl (C=O) groups is 3. The van der Waals surface area contributed by atoms with Crippen molar-refractivity contribution in [2.24, 2.45) is 0 Å². The quantitative estimate of drug-likeness (QED) is 0.255. The number of amides is 2. The Morgan fingerprint density at radius 2 is 1.67 bits per heavy atom. The van der Waals surface area contributed by atoms with Crippen LogP contribution in [0.1, 0.15) is 63.2 Å². The Morgan fingerprint density at radius 3 is 2.26 bits per heavy atom. The second kappa shape index (κ2) is 14.0. The van der Waals surface area contributed by atoms with Crippen molar-refractivity contribution in [2.45, 2.75) is 70.1 Å². The molecule has 13 heteroatoms. The van der Waals surface area contributed by atoms with Gasteiger partial charge in [0, 0.05) is 23.1 Å². The zero-order valence-electron chi connectivity index (χ0n) is 23.7. The van der Waals surface area contributed by atoms with Crippen LogP contribution in [0, 0.1) is 21.0 Å². The van der Waals surface area contributed by atoms with Crippen LogP contribution in [-0.4, -0.2) is 69.7 Å². The molecule has 1 saturated carbocycles. The van der Waals surface area contributed by atoms with E-state index in [-0.39, 0.29) is 42.8 Å². The summed E-state index contributed by atoms with van der Waals surface area (Å²) in [6.45, 7) is 4.46. The normalized spacial score (nSPS) is 16.5. The Labute approximate surface area is 256 Å². The molecule has 2 amide bonds. The zero-order valence-corrected chi connectivity index (χ0v) is 25.9. The molecule has 2 aliphatic rings. The highest BCUT2D eigenvalue weighted by molar-refractivity contribution is 14.1. The monoisotopic (exact) mass is 704 g/mol. The maximum atomic E-state index is 14.7. The molecule has 4 rings (SSSR count). The molecule has 42 heavy (non-hydrogen) atoms. The molecule has 1 aliphatic carbocycles. The molecule has 0 atom stereocenters. The summed E-state index contributed by atoms with van der Waals surface area (Å²) >= 11 is 1.92. The highest BCUT2D eigenvalue weighted by Gasteiger charge is 2.45. The van der Waals surface area contributed by atoms with E-state index in [0.29, 0.717) is 3.57 Å². The van der Waals surface area contributed by atoms with E-state index in [2.05, 4.69) is 16.0 Å². The first-order valence-corrected chi connectivity index (χ1v) is 14.7. The molecular formula is C29H36F3IN4O5. The summed E-state index contributed by atoms with van der Waals surface area (Å²) in [5.74, 6) is -4.81. The van der Waals surface area contributed by atoms with Gasteiger partial charge in [0.15, 0.2) is 11.6 Å². The lowest BCUT2D eigenvalue weighted by molar-refractivity contribution is -0.134. The van der Waals surface area contributed by atoms with E-state index in [0.717, 1.165) is 44.7 Å². The second-order valence-electron chi connectivity index (χ2n) is 11.2. The highest BCUT2D eigenvalue weighted by atomic mass is 127. The van der Waals surface area contributed by atoms with Crippen molar-refractivity contribution in [1.29, 1.82) is 0 Å². The number of anilines is 2. The van der Waals surface area contributed by atoms with Gasteiger partial charge in [0.25, 0.3) is 11.9 Å². The SMILES string of the molecule is CC(=O)O.CC(C)(NCC1(O)CN(C(=O)c2ccc(F)c(F)c2Nc2ccc(I)cc2F)C1)C(=O)NC1CCCCC1. The van der Waals surface area contributed by atoms with E-state index >= 15 is 0 Å². The minimum Gasteiger partial charge on any atom is -0.481 e. The summed E-state index contributed by atoms with van der Waals surface area (Å²) in [4.78, 5) is 36.2. The van der Waals surface area contributed by atoms with Gasteiger partial charge in [-0.15, -0.1) is 0 Å². The lowest BCUT2D eigenvalue weighted by Gasteiger charge is -2.47. The van der Waals surface area contributed by atoms with Crippen LogP contribution in [0.5, 0.6) is 0 Å². The van der Waals surface area contributed by atoms with Crippen molar-refractivity contribution in [3.63, 3.8) is 0 Å². The Morgan fingerprint density at radius 1 is 1.05 bits per heavy atom. The molecule has 0 unspecified atom stereocenters. The number of β-amino-alcohol motifs (C(OH)–C–C–N with tert-alkyl or cyclic N) is 1. The fourth-order valence-corrected chi connectivity index (χ4v) is 5.20. The van der Waals surface area contributed by atoms with Crippen molar-refractivity contribution in [2.75, 3.05) is 25.0 Å². The molecule has 0 bridgehead atoms. The summed E-state index contributed by atoms with van der Waals surface area (Å²) in [7, 11) is 0. The number of likely N-dealkylation sites (tertiary alicyclic amines) is 1. The third-order valence-corrected chi connectivity index (χ3v) is 7.81. The fraction of sp³-hybridized carbons (Fsp3) is 0.483. The molecule has 5 N–H and O–H groups in total. The van der Waals surface area contributed by atoms with Gasteiger partial charge in [-0.3, -0.25) is 14.4 Å². The summed E-state index contributed by atoms with van der Waals surface area (Å²) in [6.07, 6.45) is 5.29. The van der Waals surface area contributed by atoms with Gasteiger partial charge in [-0.2, -0.15) is 0 Å². The standard InChI is InChI=1S/C27H32F3IN4O3.C2H4O2/c1-26(2,25(37)33-17-6-4-3-5-7-17)32-13-27(38)14-35(15-27)24(36)18-9-10-19(28)22(30)23(18)34-21-11-8-16(31)12-20(21)29;1-2(3)4/h8-12,17,32,34,38H,3-7,13-15H2,1-2H3,(H,33,37);1H3,(H,3,4). The third-order valence-electron chi connectivity index (χ3n) is 7.14. The second-order valence-corrected chi connectivity index (χ2v) is 12.5. The molecule has 2 aromatic rings. The number of rotatable bonds is 8. The van der Waals surface area contributed by atoms with Gasteiger partial charge in [0.1, 0.15) is 11.4 Å². The van der Waals surface area contributed by atoms with Gasteiger partial charge in [-0.25, -0.2) is 13.2 Å². The van der Waals surface area contributed by atoms with Crippen molar-refractivity contribution < 1.29 is 37.8 Å². The van der Waals surface area contributed by atoms with E-state index in [1.54, 1.807) is 19.9 Å². The maximum absolute atomic E-state index is 14.7. The van der Waals surface area contributed by atoms with Crippen molar-refractivity contribution in [3.8, 4) is 0 Å². The average Bonchev–Trinajstić information content (AvgIpc) is 2.90. The number of benzene rings is 2. The average molecular weight is 705 g/mol. The number of carboxylic acids is 1. The Kier molecular flexibility index (Phi) is 11.2. The molecule has 0 radical (unpaired) electrons. The summed E-state index contributed by atoms with van der Waals surface area (Å²) in [6, 6.07) is 6.30. The molecule has 1 aliphatic heterocycles. The first-order valence-electron chi connectivity index (χ1n) is 13.6. The number of carbonyl (C=O) groups excluding carboxylic acids is 2. The van der Waals surface area contributed by atoms with Gasteiger partial charge in [0.05, 0.1) is 35.6 Å². The first kappa shape index (κ1) is 33.6. The molecule has 1 heterocycles. The predicted molar refractivity (Wildman–Crippen MR) is 160 cm³/mol. The lowest BCUT2D eigenvalue weighted by Crippen LogP contribution is -2.69. The van der Waals surface area contributed by atoms with Crippen molar-refractivity contribution in [3.05, 3.63) is 56.9 Å². The summed E-state index contributed by atoms with van der Waals surface area (Å²) < 4.78 is 43.7. The molecular weight excluding hydrogens is 668 g/mol. The minimum atomic E-state index is -1.31.